The lowest BCUT2D eigenvalue weighted by Gasteiger charge is -2.22. The first-order valence-electron chi connectivity index (χ1n) is 5.92. The van der Waals surface area contributed by atoms with Gasteiger partial charge in [-0.25, -0.2) is 4.39 Å². The number of amides is 1. The maximum absolute atomic E-state index is 13.9. The number of fused-ring (bicyclic) bond motifs is 1. The molecule has 0 saturated carbocycles. The monoisotopic (exact) mass is 280 g/mol. The Morgan fingerprint density at radius 1 is 1.50 bits per heavy atom. The fraction of sp³-hybridized carbons (Fsp3) is 0.308. The van der Waals surface area contributed by atoms with Crippen LogP contribution < -0.4 is 10.1 Å². The van der Waals surface area contributed by atoms with E-state index in [0.29, 0.717) is 5.56 Å². The van der Waals surface area contributed by atoms with Crippen LogP contribution in [0, 0.1) is 5.82 Å². The van der Waals surface area contributed by atoms with Gasteiger partial charge in [0.05, 0.1) is 18.4 Å². The van der Waals surface area contributed by atoms with Gasteiger partial charge in [-0.1, -0.05) is 5.16 Å². The van der Waals surface area contributed by atoms with E-state index in [9.17, 15) is 14.0 Å². The van der Waals surface area contributed by atoms with Crippen molar-refractivity contribution < 1.29 is 23.9 Å². The number of carbonyl (C=O) groups excluding carboxylic acids is 2. The van der Waals surface area contributed by atoms with Crippen molar-refractivity contribution in [3.05, 3.63) is 23.0 Å². The fourth-order valence-corrected chi connectivity index (χ4v) is 2.29. The number of methoxy groups -OCH3 is 1. The summed E-state index contributed by atoms with van der Waals surface area (Å²) in [6.07, 6.45) is 0.468. The second-order valence-corrected chi connectivity index (χ2v) is 4.35. The second kappa shape index (κ2) is 5.28. The summed E-state index contributed by atoms with van der Waals surface area (Å²) in [5.41, 5.74) is 0.501. The molecule has 20 heavy (non-hydrogen) atoms. The average molecular weight is 280 g/mol. The van der Waals surface area contributed by atoms with Gasteiger partial charge in [-0.15, -0.1) is 0 Å². The number of oxime groups is 1. The van der Waals surface area contributed by atoms with Crippen molar-refractivity contribution in [2.75, 3.05) is 12.4 Å². The number of hydrogen-bond acceptors (Lipinski definition) is 5. The number of hydrogen-bond donors (Lipinski definition) is 2. The minimum atomic E-state index is -0.660. The molecule has 1 aliphatic carbocycles. The molecule has 0 radical (unpaired) electrons. The van der Waals surface area contributed by atoms with E-state index in [2.05, 4.69) is 10.5 Å². The number of nitrogens with one attached hydrogen (secondary N) is 1. The lowest BCUT2D eigenvalue weighted by Crippen LogP contribution is -2.26. The summed E-state index contributed by atoms with van der Waals surface area (Å²) < 4.78 is 18.9. The van der Waals surface area contributed by atoms with E-state index >= 15 is 0 Å². The van der Waals surface area contributed by atoms with Crippen molar-refractivity contribution in [3.8, 4) is 5.75 Å². The molecule has 1 aromatic carbocycles. The molecule has 0 aliphatic heterocycles. The van der Waals surface area contributed by atoms with Gasteiger partial charge in [0.2, 0.25) is 11.7 Å². The van der Waals surface area contributed by atoms with E-state index in [0.717, 1.165) is 6.07 Å². The summed E-state index contributed by atoms with van der Waals surface area (Å²) in [5, 5.41) is 14.2. The topological polar surface area (TPSA) is 88.0 Å². The first-order valence-corrected chi connectivity index (χ1v) is 5.92. The smallest absolute Gasteiger partial charge is 0.221 e. The van der Waals surface area contributed by atoms with Gasteiger partial charge in [0, 0.05) is 25.0 Å². The van der Waals surface area contributed by atoms with Crippen LogP contribution in [0.25, 0.3) is 0 Å². The van der Waals surface area contributed by atoms with Crippen LogP contribution in [0.4, 0.5) is 10.1 Å². The molecule has 2 N–H and O–H groups in total. The molecule has 0 fully saturated rings. The minimum Gasteiger partial charge on any atom is -0.493 e. The van der Waals surface area contributed by atoms with Crippen LogP contribution in [0.2, 0.25) is 0 Å². The highest BCUT2D eigenvalue weighted by Gasteiger charge is 2.31. The third-order valence-corrected chi connectivity index (χ3v) is 3.07. The normalized spacial score (nSPS) is 15.9. The van der Waals surface area contributed by atoms with Gasteiger partial charge in [0.25, 0.3) is 0 Å². The van der Waals surface area contributed by atoms with Crippen molar-refractivity contribution in [1.82, 2.24) is 0 Å². The molecule has 0 saturated heterocycles. The molecule has 6 nitrogen and oxygen atoms in total. The first-order chi connectivity index (χ1) is 9.49. The summed E-state index contributed by atoms with van der Waals surface area (Å²) in [5.74, 6) is -1.67. The predicted octanol–water partition coefficient (Wildman–Crippen LogP) is 1.75. The molecule has 1 aromatic rings. The van der Waals surface area contributed by atoms with E-state index < -0.39 is 17.5 Å². The molecule has 0 atom stereocenters. The first kappa shape index (κ1) is 14.0. The Labute approximate surface area is 114 Å². The molecule has 1 amide bonds. The zero-order valence-electron chi connectivity index (χ0n) is 11.0. The van der Waals surface area contributed by atoms with E-state index in [1.54, 1.807) is 0 Å². The highest BCUT2D eigenvalue weighted by Crippen LogP contribution is 2.36. The maximum atomic E-state index is 13.9. The van der Waals surface area contributed by atoms with Crippen molar-refractivity contribution in [2.24, 2.45) is 5.16 Å². The van der Waals surface area contributed by atoms with Gasteiger partial charge in [-0.3, -0.25) is 9.59 Å². The Morgan fingerprint density at radius 2 is 2.20 bits per heavy atom. The van der Waals surface area contributed by atoms with Crippen molar-refractivity contribution in [3.63, 3.8) is 0 Å². The van der Waals surface area contributed by atoms with E-state index in [1.165, 1.54) is 14.0 Å². The van der Waals surface area contributed by atoms with E-state index in [-0.39, 0.29) is 35.6 Å². The number of Topliss-reactive ketones (excluding diaryl/α,β-unsaturated/α-hetero) is 1. The van der Waals surface area contributed by atoms with Gasteiger partial charge < -0.3 is 15.3 Å². The molecule has 0 spiro atoms. The van der Waals surface area contributed by atoms with Crippen molar-refractivity contribution in [2.45, 2.75) is 19.8 Å². The predicted molar refractivity (Wildman–Crippen MR) is 69.1 cm³/mol. The third kappa shape index (κ3) is 2.22. The van der Waals surface area contributed by atoms with Gasteiger partial charge >= 0.3 is 0 Å². The van der Waals surface area contributed by atoms with Crippen LogP contribution in [0.3, 0.4) is 0 Å². The Balaban J connectivity index is 2.70. The molecular weight excluding hydrogens is 267 g/mol. The van der Waals surface area contributed by atoms with Crippen LogP contribution in [-0.4, -0.2) is 29.7 Å². The SMILES string of the molecule is COc1c(F)cc(NC(C)=O)c2c1CCC(=NO)C2=O. The summed E-state index contributed by atoms with van der Waals surface area (Å²) in [6, 6.07) is 1.03. The average Bonchev–Trinajstić information content (AvgIpc) is 2.38. The quantitative estimate of drug-likeness (QED) is 0.638. The highest BCUT2D eigenvalue weighted by atomic mass is 19.1. The molecule has 0 bridgehead atoms. The minimum absolute atomic E-state index is 0.0283. The number of halogens is 1. The van der Waals surface area contributed by atoms with E-state index in [4.69, 9.17) is 9.94 Å². The molecule has 0 unspecified atom stereocenters. The number of nitrogens with zero attached hydrogens (tertiary/aromatic N) is 1. The fourth-order valence-electron chi connectivity index (χ4n) is 2.29. The number of benzene rings is 1. The molecule has 1 aliphatic rings. The molecule has 0 heterocycles. The van der Waals surface area contributed by atoms with Crippen LogP contribution in [0.15, 0.2) is 11.2 Å². The van der Waals surface area contributed by atoms with Gasteiger partial charge in [-0.2, -0.15) is 0 Å². The summed E-state index contributed by atoms with van der Waals surface area (Å²) in [7, 11) is 1.30. The summed E-state index contributed by atoms with van der Waals surface area (Å²) in [6.45, 7) is 1.25. The van der Waals surface area contributed by atoms with Gasteiger partial charge in [-0.05, 0) is 6.42 Å². The Kier molecular flexibility index (Phi) is 3.69. The van der Waals surface area contributed by atoms with Crippen LogP contribution in [0.1, 0.15) is 29.3 Å². The third-order valence-electron chi connectivity index (χ3n) is 3.07. The Hall–Kier alpha value is -2.44. The van der Waals surface area contributed by atoms with Crippen LogP contribution >= 0.6 is 0 Å². The molecule has 0 aromatic heterocycles. The lowest BCUT2D eigenvalue weighted by molar-refractivity contribution is -0.114. The van der Waals surface area contributed by atoms with Crippen LogP contribution in [-0.2, 0) is 11.2 Å². The molecular formula is C13H13FN2O4. The van der Waals surface area contributed by atoms with E-state index in [1.807, 2.05) is 0 Å². The van der Waals surface area contributed by atoms with Gasteiger partial charge in [0.1, 0.15) is 5.71 Å². The second-order valence-electron chi connectivity index (χ2n) is 4.35. The Morgan fingerprint density at radius 3 is 2.75 bits per heavy atom. The van der Waals surface area contributed by atoms with Crippen molar-refractivity contribution >= 4 is 23.1 Å². The number of ketones is 1. The number of anilines is 1. The zero-order chi connectivity index (χ0) is 14.9. The zero-order valence-corrected chi connectivity index (χ0v) is 11.0. The summed E-state index contributed by atoms with van der Waals surface area (Å²) in [4.78, 5) is 23.4. The summed E-state index contributed by atoms with van der Waals surface area (Å²) >= 11 is 0. The Bertz CT molecular complexity index is 625. The maximum Gasteiger partial charge on any atom is 0.221 e. The molecule has 2 rings (SSSR count). The van der Waals surface area contributed by atoms with Gasteiger partial charge in [0.15, 0.2) is 11.6 Å². The largest absolute Gasteiger partial charge is 0.493 e. The van der Waals surface area contributed by atoms with Crippen LogP contribution in [0.5, 0.6) is 5.75 Å². The van der Waals surface area contributed by atoms with Crippen molar-refractivity contribution in [1.29, 1.82) is 0 Å². The number of rotatable bonds is 2. The standard InChI is InChI=1S/C13H13FN2O4/c1-6(17)15-10-5-8(14)13(20-2)7-3-4-9(16-19)12(18)11(7)10/h5,19H,3-4H2,1-2H3,(H,15,17). The number of ether oxygens (including phenoxy) is 1. The number of carbonyl (C=O) groups is 2. The highest BCUT2D eigenvalue weighted by molar-refractivity contribution is 6.48. The lowest BCUT2D eigenvalue weighted by atomic mass is 9.87. The molecule has 7 heteroatoms. The molecule has 106 valence electrons.